The lowest BCUT2D eigenvalue weighted by atomic mass is 10.1. The summed E-state index contributed by atoms with van der Waals surface area (Å²) in [5.74, 6) is 4.83. The van der Waals surface area contributed by atoms with Gasteiger partial charge in [-0.3, -0.25) is 0 Å². The van der Waals surface area contributed by atoms with E-state index >= 15 is 0 Å². The van der Waals surface area contributed by atoms with Crippen molar-refractivity contribution < 1.29 is 4.39 Å². The second kappa shape index (κ2) is 3.92. The first-order chi connectivity index (χ1) is 6.15. The minimum absolute atomic E-state index is 0.225. The van der Waals surface area contributed by atoms with Crippen LogP contribution in [0.4, 0.5) is 10.1 Å². The summed E-state index contributed by atoms with van der Waals surface area (Å²) in [4.78, 5) is 0. The number of nitrogen functional groups attached to an aromatic ring is 1. The van der Waals surface area contributed by atoms with Gasteiger partial charge in [0.1, 0.15) is 5.82 Å². The van der Waals surface area contributed by atoms with Crippen molar-refractivity contribution >= 4 is 5.69 Å². The zero-order valence-corrected chi connectivity index (χ0v) is 7.39. The molecule has 0 heterocycles. The molecule has 1 aromatic rings. The molecular weight excluding hydrogens is 167 g/mol. The molecule has 0 saturated carbocycles. The Morgan fingerprint density at radius 1 is 1.46 bits per heavy atom. The Kier molecular flexibility index (Phi) is 2.88. The molecule has 4 N–H and O–H groups in total. The molecule has 13 heavy (non-hydrogen) atoms. The van der Waals surface area contributed by atoms with Crippen LogP contribution in [0, 0.1) is 24.6 Å². The minimum atomic E-state index is -0.399. The van der Waals surface area contributed by atoms with Crippen LogP contribution in [-0.2, 0) is 0 Å². The summed E-state index contributed by atoms with van der Waals surface area (Å²) in [6, 6.07) is 2.89. The Balaban J connectivity index is 3.16. The van der Waals surface area contributed by atoms with Gasteiger partial charge < -0.3 is 11.5 Å². The summed E-state index contributed by atoms with van der Waals surface area (Å²) in [5, 5.41) is 0. The minimum Gasteiger partial charge on any atom is -0.398 e. The lowest BCUT2D eigenvalue weighted by Gasteiger charge is -2.01. The second-order valence-electron chi connectivity index (χ2n) is 2.69. The van der Waals surface area contributed by atoms with Gasteiger partial charge in [0.15, 0.2) is 0 Å². The molecule has 0 unspecified atom stereocenters. The van der Waals surface area contributed by atoms with E-state index in [1.165, 1.54) is 6.07 Å². The van der Waals surface area contributed by atoms with Crippen molar-refractivity contribution in [1.82, 2.24) is 0 Å². The fourth-order valence-electron chi connectivity index (χ4n) is 0.939. The number of anilines is 1. The van der Waals surface area contributed by atoms with Crippen LogP contribution in [0.1, 0.15) is 11.1 Å². The molecule has 0 fully saturated rings. The Labute approximate surface area is 76.7 Å². The van der Waals surface area contributed by atoms with E-state index in [0.29, 0.717) is 11.3 Å². The van der Waals surface area contributed by atoms with E-state index in [1.807, 2.05) is 6.92 Å². The van der Waals surface area contributed by atoms with Crippen LogP contribution in [0.15, 0.2) is 12.1 Å². The van der Waals surface area contributed by atoms with Gasteiger partial charge in [0.2, 0.25) is 0 Å². The van der Waals surface area contributed by atoms with E-state index in [0.717, 1.165) is 5.56 Å². The van der Waals surface area contributed by atoms with E-state index in [1.54, 1.807) is 6.07 Å². The van der Waals surface area contributed by atoms with Gasteiger partial charge in [-0.1, -0.05) is 11.8 Å². The molecule has 0 bridgehead atoms. The molecule has 0 amide bonds. The van der Waals surface area contributed by atoms with Gasteiger partial charge in [-0.05, 0) is 24.6 Å². The molecule has 68 valence electrons. The maximum absolute atomic E-state index is 13.1. The molecule has 1 aromatic carbocycles. The van der Waals surface area contributed by atoms with Crippen molar-refractivity contribution in [2.24, 2.45) is 5.73 Å². The van der Waals surface area contributed by atoms with Gasteiger partial charge in [0.25, 0.3) is 0 Å². The Bertz CT molecular complexity index is 374. The Morgan fingerprint density at radius 3 is 2.77 bits per heavy atom. The molecule has 3 heteroatoms. The molecule has 0 aliphatic rings. The third-order valence-electron chi connectivity index (χ3n) is 1.68. The average Bonchev–Trinajstić information content (AvgIpc) is 2.09. The van der Waals surface area contributed by atoms with Crippen molar-refractivity contribution in [1.29, 1.82) is 0 Å². The monoisotopic (exact) mass is 178 g/mol. The third kappa shape index (κ3) is 2.20. The zero-order chi connectivity index (χ0) is 9.84. The molecule has 0 spiro atoms. The number of halogens is 1. The molecule has 1 rings (SSSR count). The van der Waals surface area contributed by atoms with E-state index in [4.69, 9.17) is 11.5 Å². The van der Waals surface area contributed by atoms with Crippen LogP contribution in [0.25, 0.3) is 0 Å². The number of rotatable bonds is 0. The first-order valence-corrected chi connectivity index (χ1v) is 3.89. The molecule has 2 nitrogen and oxygen atoms in total. The average molecular weight is 178 g/mol. The third-order valence-corrected chi connectivity index (χ3v) is 1.68. The standard InChI is InChI=1S/C10H11FN2/c1-7-5-8(3-2-4-12)9(11)6-10(7)13/h5-6H,4,12-13H2,1H3. The predicted molar refractivity (Wildman–Crippen MR) is 51.5 cm³/mol. The highest BCUT2D eigenvalue weighted by Gasteiger charge is 2.02. The quantitative estimate of drug-likeness (QED) is 0.460. The van der Waals surface area contributed by atoms with Crippen LogP contribution in [0.3, 0.4) is 0 Å². The van der Waals surface area contributed by atoms with Crippen LogP contribution < -0.4 is 11.5 Å². The van der Waals surface area contributed by atoms with Crippen molar-refractivity contribution in [2.45, 2.75) is 6.92 Å². The summed E-state index contributed by atoms with van der Waals surface area (Å²) in [6.45, 7) is 2.03. The Morgan fingerprint density at radius 2 is 2.15 bits per heavy atom. The van der Waals surface area contributed by atoms with E-state index in [9.17, 15) is 4.39 Å². The van der Waals surface area contributed by atoms with Crippen LogP contribution in [0.2, 0.25) is 0 Å². The highest BCUT2D eigenvalue weighted by Crippen LogP contribution is 2.15. The van der Waals surface area contributed by atoms with Crippen molar-refractivity contribution in [3.05, 3.63) is 29.1 Å². The van der Waals surface area contributed by atoms with Gasteiger partial charge in [0, 0.05) is 5.69 Å². The highest BCUT2D eigenvalue weighted by molar-refractivity contribution is 5.52. The Hall–Kier alpha value is -1.53. The molecular formula is C10H11FN2. The van der Waals surface area contributed by atoms with Gasteiger partial charge in [-0.25, -0.2) is 4.39 Å². The lowest BCUT2D eigenvalue weighted by Crippen LogP contribution is -1.96. The van der Waals surface area contributed by atoms with Crippen LogP contribution in [0.5, 0.6) is 0 Å². The molecule has 0 aliphatic carbocycles. The van der Waals surface area contributed by atoms with Gasteiger partial charge in [-0.2, -0.15) is 0 Å². The zero-order valence-electron chi connectivity index (χ0n) is 7.39. The van der Waals surface area contributed by atoms with Crippen LogP contribution >= 0.6 is 0 Å². The summed E-state index contributed by atoms with van der Waals surface area (Å²) >= 11 is 0. The lowest BCUT2D eigenvalue weighted by molar-refractivity contribution is 0.624. The maximum Gasteiger partial charge on any atom is 0.140 e. The van der Waals surface area contributed by atoms with Gasteiger partial charge in [0.05, 0.1) is 12.1 Å². The number of aryl methyl sites for hydroxylation is 1. The molecule has 0 saturated heterocycles. The molecule has 0 aliphatic heterocycles. The van der Waals surface area contributed by atoms with E-state index < -0.39 is 5.82 Å². The van der Waals surface area contributed by atoms with Gasteiger partial charge >= 0.3 is 0 Å². The largest absolute Gasteiger partial charge is 0.398 e. The fourth-order valence-corrected chi connectivity index (χ4v) is 0.939. The first kappa shape index (κ1) is 9.56. The predicted octanol–water partition coefficient (Wildman–Crippen LogP) is 1.03. The maximum atomic E-state index is 13.1. The first-order valence-electron chi connectivity index (χ1n) is 3.89. The summed E-state index contributed by atoms with van der Waals surface area (Å²) in [6.07, 6.45) is 0. The SMILES string of the molecule is Cc1cc(C#CCN)c(F)cc1N. The molecule has 0 radical (unpaired) electrons. The normalized spacial score (nSPS) is 9.15. The van der Waals surface area contributed by atoms with Crippen molar-refractivity contribution in [3.8, 4) is 11.8 Å². The fraction of sp³-hybridized carbons (Fsp3) is 0.200. The number of hydrogen-bond acceptors (Lipinski definition) is 2. The number of benzene rings is 1. The van der Waals surface area contributed by atoms with Crippen molar-refractivity contribution in [3.63, 3.8) is 0 Å². The van der Waals surface area contributed by atoms with E-state index in [-0.39, 0.29) is 6.54 Å². The highest BCUT2D eigenvalue weighted by atomic mass is 19.1. The summed E-state index contributed by atoms with van der Waals surface area (Å²) in [5.41, 5.74) is 12.3. The number of nitrogens with two attached hydrogens (primary N) is 2. The van der Waals surface area contributed by atoms with Crippen LogP contribution in [-0.4, -0.2) is 6.54 Å². The smallest absolute Gasteiger partial charge is 0.140 e. The summed E-state index contributed by atoms with van der Waals surface area (Å²) < 4.78 is 13.1. The molecule has 0 atom stereocenters. The van der Waals surface area contributed by atoms with Crippen molar-refractivity contribution in [2.75, 3.05) is 12.3 Å². The topological polar surface area (TPSA) is 52.0 Å². The van der Waals surface area contributed by atoms with E-state index in [2.05, 4.69) is 11.8 Å². The molecule has 0 aromatic heterocycles. The summed E-state index contributed by atoms with van der Waals surface area (Å²) in [7, 11) is 0. The second-order valence-corrected chi connectivity index (χ2v) is 2.69. The number of hydrogen-bond donors (Lipinski definition) is 2. The van der Waals surface area contributed by atoms with Gasteiger partial charge in [-0.15, -0.1) is 0 Å².